The predicted octanol–water partition coefficient (Wildman–Crippen LogP) is 4.78. The number of benzene rings is 2. The fraction of sp³-hybridized carbons (Fsp3) is 0.200. The zero-order chi connectivity index (χ0) is 18.4. The number of hydrogen-bond acceptors (Lipinski definition) is 3. The zero-order valence-corrected chi connectivity index (χ0v) is 15.4. The maximum atomic E-state index is 10.7. The van der Waals surface area contributed by atoms with Gasteiger partial charge in [-0.05, 0) is 43.7 Å². The summed E-state index contributed by atoms with van der Waals surface area (Å²) in [5, 5.41) is 20.0. The molecule has 1 aliphatic rings. The van der Waals surface area contributed by atoms with Crippen LogP contribution in [-0.2, 0) is 6.54 Å². The molecule has 2 heterocycles. The Morgan fingerprint density at radius 1 is 1.23 bits per heavy atom. The monoisotopic (exact) mass is 366 g/mol. The Kier molecular flexibility index (Phi) is 3.96. The average Bonchev–Trinajstić information content (AvgIpc) is 3.13. The highest BCUT2D eigenvalue weighted by atomic mass is 35.5. The van der Waals surface area contributed by atoms with Gasteiger partial charge < -0.3 is 14.6 Å². The topological polar surface area (TPSA) is 65.1 Å². The first-order valence-corrected chi connectivity index (χ1v) is 8.89. The molecule has 4 rings (SSSR count). The van der Waals surface area contributed by atoms with Gasteiger partial charge in [-0.15, -0.1) is 0 Å². The second kappa shape index (κ2) is 6.18. The number of anilines is 1. The van der Waals surface area contributed by atoms with Gasteiger partial charge in [-0.25, -0.2) is 4.98 Å². The van der Waals surface area contributed by atoms with Crippen molar-refractivity contribution in [2.24, 2.45) is 0 Å². The maximum absolute atomic E-state index is 10.7. The van der Waals surface area contributed by atoms with Gasteiger partial charge in [0.15, 0.2) is 0 Å². The number of imidazole rings is 1. The van der Waals surface area contributed by atoms with Gasteiger partial charge in [0, 0.05) is 17.3 Å². The molecule has 0 amide bonds. The third kappa shape index (κ3) is 2.47. The summed E-state index contributed by atoms with van der Waals surface area (Å²) in [7, 11) is 0. The summed E-state index contributed by atoms with van der Waals surface area (Å²) in [6, 6.07) is 13.4. The Labute approximate surface area is 156 Å². The number of aliphatic hydroxyl groups is 1. The molecule has 0 atom stereocenters. The number of aromatic nitrogens is 2. The molecular formula is C20H19ClN4O. The molecule has 5 nitrogen and oxygen atoms in total. The number of fused-ring (bicyclic) bond motifs is 1. The molecule has 0 spiro atoms. The van der Waals surface area contributed by atoms with Crippen molar-refractivity contribution in [3.63, 3.8) is 0 Å². The second-order valence-corrected chi connectivity index (χ2v) is 6.79. The number of nitrogens with one attached hydrogen (secondary N) is 1. The molecule has 0 saturated heterocycles. The highest BCUT2D eigenvalue weighted by molar-refractivity contribution is 6.32. The van der Waals surface area contributed by atoms with Crippen molar-refractivity contribution in [3.05, 3.63) is 64.6 Å². The van der Waals surface area contributed by atoms with E-state index in [1.54, 1.807) is 4.90 Å². The third-order valence-corrected chi connectivity index (χ3v) is 4.99. The van der Waals surface area contributed by atoms with Crippen LogP contribution >= 0.6 is 11.6 Å². The van der Waals surface area contributed by atoms with E-state index in [9.17, 15) is 5.11 Å². The van der Waals surface area contributed by atoms with Crippen LogP contribution in [0.3, 0.4) is 0 Å². The Balaban J connectivity index is 1.82. The van der Waals surface area contributed by atoms with Crippen molar-refractivity contribution in [3.8, 4) is 0 Å². The number of aryl methyl sites for hydroxylation is 2. The van der Waals surface area contributed by atoms with Gasteiger partial charge >= 0.3 is 0 Å². The number of aliphatic hydroxyl groups excluding tert-OH is 1. The molecule has 0 bridgehead atoms. The molecule has 6 heteroatoms. The van der Waals surface area contributed by atoms with E-state index >= 15 is 0 Å². The van der Waals surface area contributed by atoms with Crippen LogP contribution in [0.5, 0.6) is 0 Å². The predicted molar refractivity (Wildman–Crippen MR) is 106 cm³/mol. The van der Waals surface area contributed by atoms with E-state index in [1.807, 2.05) is 60.9 Å². The van der Waals surface area contributed by atoms with Crippen LogP contribution in [0, 0.1) is 12.3 Å². The van der Waals surface area contributed by atoms with Crippen LogP contribution in [0.15, 0.2) is 48.2 Å². The van der Waals surface area contributed by atoms with E-state index in [0.717, 1.165) is 22.3 Å². The Morgan fingerprint density at radius 3 is 2.77 bits per heavy atom. The number of para-hydroxylation sites is 2. The van der Waals surface area contributed by atoms with Crippen molar-refractivity contribution >= 4 is 39.7 Å². The van der Waals surface area contributed by atoms with Gasteiger partial charge in [-0.3, -0.25) is 5.41 Å². The number of nitrogens with zero attached hydrogens (tertiary/aromatic N) is 3. The first kappa shape index (κ1) is 16.7. The molecule has 0 fully saturated rings. The largest absolute Gasteiger partial charge is 0.509 e. The smallest absolute Gasteiger partial charge is 0.148 e. The quantitative estimate of drug-likeness (QED) is 0.700. The highest BCUT2D eigenvalue weighted by Crippen LogP contribution is 2.34. The fourth-order valence-corrected chi connectivity index (χ4v) is 3.65. The van der Waals surface area contributed by atoms with Crippen LogP contribution in [0.25, 0.3) is 16.6 Å². The van der Waals surface area contributed by atoms with Crippen molar-refractivity contribution in [1.29, 1.82) is 5.41 Å². The van der Waals surface area contributed by atoms with Crippen LogP contribution < -0.4 is 4.90 Å². The lowest BCUT2D eigenvalue weighted by Gasteiger charge is -2.21. The van der Waals surface area contributed by atoms with Gasteiger partial charge in [0.1, 0.15) is 17.4 Å². The molecule has 26 heavy (non-hydrogen) atoms. The van der Waals surface area contributed by atoms with Crippen LogP contribution in [-0.4, -0.2) is 27.0 Å². The molecule has 0 aliphatic carbocycles. The molecule has 2 N–H and O–H groups in total. The van der Waals surface area contributed by atoms with Gasteiger partial charge in [0.05, 0.1) is 23.2 Å². The van der Waals surface area contributed by atoms with Crippen molar-refractivity contribution < 1.29 is 5.11 Å². The second-order valence-electron chi connectivity index (χ2n) is 6.36. The van der Waals surface area contributed by atoms with Crippen LogP contribution in [0.4, 0.5) is 5.69 Å². The summed E-state index contributed by atoms with van der Waals surface area (Å²) in [4.78, 5) is 6.46. The molecule has 3 aromatic rings. The third-order valence-electron chi connectivity index (χ3n) is 4.76. The number of rotatable bonds is 3. The van der Waals surface area contributed by atoms with Crippen molar-refractivity contribution in [2.75, 3.05) is 11.4 Å². The minimum absolute atomic E-state index is 0.152. The Hall–Kier alpha value is -2.79. The molecule has 1 aromatic heterocycles. The van der Waals surface area contributed by atoms with Gasteiger partial charge in [0.25, 0.3) is 0 Å². The molecule has 1 aliphatic heterocycles. The minimum atomic E-state index is 0.152. The van der Waals surface area contributed by atoms with Crippen molar-refractivity contribution in [1.82, 2.24) is 9.55 Å². The maximum Gasteiger partial charge on any atom is 0.148 e. The van der Waals surface area contributed by atoms with E-state index in [1.165, 1.54) is 0 Å². The number of amidine groups is 1. The first-order valence-electron chi connectivity index (χ1n) is 8.51. The van der Waals surface area contributed by atoms with E-state index in [-0.39, 0.29) is 18.1 Å². The lowest BCUT2D eigenvalue weighted by Crippen LogP contribution is -2.27. The number of halogens is 1. The Morgan fingerprint density at radius 2 is 2.00 bits per heavy atom. The molecule has 0 unspecified atom stereocenters. The SMILES string of the molecule is CCn1c(C2=C(O)CN(c3cc(Cl)ccc3C)C2=N)nc2ccccc21. The molecule has 0 saturated carbocycles. The fourth-order valence-electron chi connectivity index (χ4n) is 3.48. The first-order chi connectivity index (χ1) is 12.5. The summed E-state index contributed by atoms with van der Waals surface area (Å²) in [5.41, 5.74) is 4.15. The van der Waals surface area contributed by atoms with Gasteiger partial charge in [0.2, 0.25) is 0 Å². The molecular weight excluding hydrogens is 348 g/mol. The normalized spacial score (nSPS) is 14.7. The summed E-state index contributed by atoms with van der Waals surface area (Å²) in [6.07, 6.45) is 0. The lowest BCUT2D eigenvalue weighted by atomic mass is 10.1. The van der Waals surface area contributed by atoms with Crippen molar-refractivity contribution in [2.45, 2.75) is 20.4 Å². The molecule has 2 aromatic carbocycles. The van der Waals surface area contributed by atoms with Crippen LogP contribution in [0.2, 0.25) is 5.02 Å². The average molecular weight is 367 g/mol. The van der Waals surface area contributed by atoms with Gasteiger partial charge in [-0.1, -0.05) is 29.8 Å². The zero-order valence-electron chi connectivity index (χ0n) is 14.6. The summed E-state index contributed by atoms with van der Waals surface area (Å²) < 4.78 is 2.03. The lowest BCUT2D eigenvalue weighted by molar-refractivity contribution is 0.411. The molecule has 0 radical (unpaired) electrons. The van der Waals surface area contributed by atoms with E-state index in [0.29, 0.717) is 23.0 Å². The van der Waals surface area contributed by atoms with E-state index in [4.69, 9.17) is 17.0 Å². The van der Waals surface area contributed by atoms with Crippen LogP contribution in [0.1, 0.15) is 18.3 Å². The van der Waals surface area contributed by atoms with Gasteiger partial charge in [-0.2, -0.15) is 0 Å². The summed E-state index contributed by atoms with van der Waals surface area (Å²) >= 11 is 6.14. The number of hydrogen-bond donors (Lipinski definition) is 2. The van der Waals surface area contributed by atoms with E-state index in [2.05, 4.69) is 4.98 Å². The summed E-state index contributed by atoms with van der Waals surface area (Å²) in [5.74, 6) is 1.01. The molecule has 132 valence electrons. The van der Waals surface area contributed by atoms with E-state index < -0.39 is 0 Å². The minimum Gasteiger partial charge on any atom is -0.509 e. The highest BCUT2D eigenvalue weighted by Gasteiger charge is 2.33. The Bertz CT molecular complexity index is 1070. The standard InChI is InChI=1S/C20H19ClN4O/c1-3-24-15-7-5-4-6-14(15)23-20(24)18-17(26)11-25(19(18)22)16-10-13(21)9-8-12(16)2/h4-10,22,26H,3,11H2,1-2H3. The summed E-state index contributed by atoms with van der Waals surface area (Å²) in [6.45, 7) is 4.94.